The second-order valence-electron chi connectivity index (χ2n) is 36.6. The van der Waals surface area contributed by atoms with Crippen molar-refractivity contribution < 1.29 is 40.0 Å². The fraction of sp³-hybridized carbons (Fsp3) is 0.949. The Morgan fingerprint density at radius 3 is 1.15 bits per heavy atom. The van der Waals surface area contributed by atoms with Crippen LogP contribution in [-0.2, 0) is 11.2 Å². The first-order valence-electron chi connectivity index (χ1n) is 38.9. The third-order valence-corrected chi connectivity index (χ3v) is 33.3. The molecule has 0 aromatic carbocycles. The van der Waals surface area contributed by atoms with Crippen LogP contribution in [0, 0.1) is 168 Å². The number of fused-ring (bicyclic) bond motifs is 15. The van der Waals surface area contributed by atoms with Gasteiger partial charge in [-0.25, -0.2) is 4.79 Å². The molecule has 12 unspecified atom stereocenters. The lowest BCUT2D eigenvalue weighted by molar-refractivity contribution is -0.203. The van der Waals surface area contributed by atoms with Gasteiger partial charge in [0.15, 0.2) is 5.82 Å². The zero-order valence-corrected chi connectivity index (χ0v) is 59.7. The molecule has 33 atom stereocenters. The number of primary amides is 1. The highest BCUT2D eigenvalue weighted by atomic mass is 16.5. The van der Waals surface area contributed by atoms with Gasteiger partial charge in [0.05, 0.1) is 42.7 Å². The van der Waals surface area contributed by atoms with E-state index in [1.54, 1.807) is 0 Å². The predicted octanol–water partition coefficient (Wildman–Crippen LogP) is 14.6. The summed E-state index contributed by atoms with van der Waals surface area (Å²) in [6.07, 6.45) is 30.4. The molecule has 0 aliphatic heterocycles. The van der Waals surface area contributed by atoms with E-state index in [0.717, 1.165) is 103 Å². The van der Waals surface area contributed by atoms with E-state index >= 15 is 0 Å². The first kappa shape index (κ1) is 71.0. The number of aliphatic hydroxyl groups is 6. The summed E-state index contributed by atoms with van der Waals surface area (Å²) in [5.41, 5.74) is 7.12. The van der Waals surface area contributed by atoms with Gasteiger partial charge in [0, 0.05) is 19.3 Å². The van der Waals surface area contributed by atoms with Crippen molar-refractivity contribution in [3.05, 3.63) is 16.4 Å². The minimum atomic E-state index is -0.470. The first-order valence-corrected chi connectivity index (χ1v) is 38.9. The van der Waals surface area contributed by atoms with Gasteiger partial charge in [-0.3, -0.25) is 14.3 Å². The van der Waals surface area contributed by atoms with Gasteiger partial charge in [-0.05, 0) is 311 Å². The highest BCUT2D eigenvalue weighted by molar-refractivity contribution is 5.73. The van der Waals surface area contributed by atoms with E-state index in [0.29, 0.717) is 148 Å². The third kappa shape index (κ3) is 12.1. The van der Waals surface area contributed by atoms with Crippen LogP contribution in [0.2, 0.25) is 0 Å². The molecule has 0 radical (unpaired) electrons. The highest BCUT2D eigenvalue weighted by Crippen LogP contribution is 2.73. The number of hydrogen-bond acceptors (Lipinski definition) is 11. The maximum atomic E-state index is 11.8. The Kier molecular flexibility index (Phi) is 21.1. The molecule has 13 rings (SSSR count). The van der Waals surface area contributed by atoms with Crippen LogP contribution in [-0.4, -0.2) is 83.3 Å². The molecular formula is C79H132N4O9. The van der Waals surface area contributed by atoms with Crippen LogP contribution in [0.3, 0.4) is 0 Å². The Morgan fingerprint density at radius 2 is 0.837 bits per heavy atom. The molecule has 13 heteroatoms. The number of nitrogens with zero attached hydrogens (tertiary/aromatic N) is 2. The average Bonchev–Trinajstić information content (AvgIpc) is 1.23. The number of hydrogen-bond donors (Lipinski definition) is 8. The SMILES string of the molecule is CC[C@H]1[C@@H](O)C2C3CCC([C@H](C)CCC#N)[C@@]3(C)CCC2[C@@]2(C)CC[C@@H](O)C[C@@H]12.CC[C@H]1[C@@H](O)C2C3CCC([C@H](C)CCC(N)=O)[C@@]3(C)CCC2[C@@]2(C)CC[C@@H](O)C[C@@H]12.CC[C@H]1[C@@H](O)C2C3CCC([C@H](C)CCc4noc(=O)[nH]4)[C@@]3(C)CCC2[C@@]2(C)CC[C@@H](O)C[C@@H]12. The number of aromatic nitrogens is 2. The number of carbonyl (C=O) groups excluding carboxylic acids is 1. The van der Waals surface area contributed by atoms with Gasteiger partial charge in [0.2, 0.25) is 5.91 Å². The Bertz CT molecular complexity index is 2770. The fourth-order valence-electron chi connectivity index (χ4n) is 28.8. The second-order valence-corrected chi connectivity index (χ2v) is 36.6. The van der Waals surface area contributed by atoms with Crippen molar-refractivity contribution in [1.29, 1.82) is 5.26 Å². The molecule has 12 saturated carbocycles. The second kappa shape index (κ2) is 27.4. The van der Waals surface area contributed by atoms with Crippen LogP contribution in [0.5, 0.6) is 0 Å². The van der Waals surface area contributed by atoms with Gasteiger partial charge in [-0.15, -0.1) is 0 Å². The molecule has 1 aromatic rings. The molecule has 0 saturated heterocycles. The lowest BCUT2D eigenvalue weighted by Gasteiger charge is -2.64. The number of aliphatic hydroxyl groups excluding tert-OH is 6. The maximum Gasteiger partial charge on any atom is 0.438 e. The van der Waals surface area contributed by atoms with Crippen molar-refractivity contribution in [3.8, 4) is 6.07 Å². The van der Waals surface area contributed by atoms with Gasteiger partial charge in [0.25, 0.3) is 0 Å². The summed E-state index contributed by atoms with van der Waals surface area (Å²) in [5.74, 6) is 10.8. The molecule has 12 aliphatic rings. The van der Waals surface area contributed by atoms with Crippen LogP contribution in [0.25, 0.3) is 0 Å². The molecular weight excluding hydrogens is 1150 g/mol. The summed E-state index contributed by atoms with van der Waals surface area (Å²) in [7, 11) is 0. The Morgan fingerprint density at radius 1 is 0.511 bits per heavy atom. The molecule has 12 fully saturated rings. The van der Waals surface area contributed by atoms with E-state index in [-0.39, 0.29) is 69.6 Å². The normalized spacial score (nSPS) is 50.7. The van der Waals surface area contributed by atoms with E-state index < -0.39 is 5.76 Å². The van der Waals surface area contributed by atoms with E-state index in [1.165, 1.54) is 77.0 Å². The molecule has 1 amide bonds. The number of aromatic amines is 1. The summed E-state index contributed by atoms with van der Waals surface area (Å²) >= 11 is 0. The van der Waals surface area contributed by atoms with E-state index in [9.17, 15) is 40.2 Å². The minimum absolute atomic E-state index is 0.170. The van der Waals surface area contributed by atoms with Crippen molar-refractivity contribution in [3.63, 3.8) is 0 Å². The number of nitrogens with one attached hydrogen (secondary N) is 1. The molecule has 1 heterocycles. The Balaban J connectivity index is 0.000000142. The number of rotatable bonds is 14. The van der Waals surface area contributed by atoms with Gasteiger partial charge < -0.3 is 36.4 Å². The summed E-state index contributed by atoms with van der Waals surface area (Å²) < 4.78 is 4.67. The van der Waals surface area contributed by atoms with Crippen molar-refractivity contribution in [1.82, 2.24) is 10.1 Å². The van der Waals surface area contributed by atoms with Gasteiger partial charge in [0.1, 0.15) is 0 Å². The molecule has 92 heavy (non-hydrogen) atoms. The maximum absolute atomic E-state index is 11.8. The first-order chi connectivity index (χ1) is 43.6. The van der Waals surface area contributed by atoms with Gasteiger partial charge in [-0.1, -0.05) is 108 Å². The third-order valence-electron chi connectivity index (χ3n) is 33.3. The number of amides is 1. The van der Waals surface area contributed by atoms with Gasteiger partial charge >= 0.3 is 5.76 Å². The van der Waals surface area contributed by atoms with E-state index in [4.69, 9.17) is 11.0 Å². The van der Waals surface area contributed by atoms with Crippen molar-refractivity contribution in [2.45, 2.75) is 312 Å². The number of nitriles is 1. The Labute approximate surface area is 555 Å². The van der Waals surface area contributed by atoms with Crippen LogP contribution < -0.4 is 11.5 Å². The number of H-pyrrole nitrogens is 1. The molecule has 522 valence electrons. The molecule has 0 bridgehead atoms. The van der Waals surface area contributed by atoms with E-state index in [2.05, 4.69) is 104 Å². The molecule has 1 aromatic heterocycles. The zero-order chi connectivity index (χ0) is 66.4. The summed E-state index contributed by atoms with van der Waals surface area (Å²) in [5, 5.41) is 79.4. The highest BCUT2D eigenvalue weighted by Gasteiger charge is 2.69. The van der Waals surface area contributed by atoms with Crippen molar-refractivity contribution in [2.24, 2.45) is 162 Å². The fourth-order valence-corrected chi connectivity index (χ4v) is 28.8. The summed E-state index contributed by atoms with van der Waals surface area (Å²) in [4.78, 5) is 25.3. The Hall–Kier alpha value is -2.34. The van der Waals surface area contributed by atoms with Gasteiger partial charge in [-0.2, -0.15) is 5.26 Å². The van der Waals surface area contributed by atoms with E-state index in [1.807, 2.05) is 0 Å². The molecule has 0 spiro atoms. The standard InChI is InChI=1S/C27H44N2O4.C26H45NO3.C26H43NO2/c1-5-17-21-14-16(30)10-12-27(21,4)20-11-13-26(3)18(7-8-19(26)23(20)24(17)31)15(2)6-9-22-28-25(32)33-29-22;1-5-17-21-14-16(28)10-12-26(21,4)20-11-13-25(3)18(15(2)6-9-22(27)29)7-8-19(25)23(20)24(17)30;1-5-18-22-15-17(28)10-12-26(22,4)21-11-13-25(3)19(16(2)7-6-14-27)8-9-20(25)23(21)24(18)29/h15-21,23-24,30-31H,5-14H2,1-4H3,(H,28,29,32);15-21,23-24,28,30H,5-14H2,1-4H3,(H2,27,29);16-24,28-29H,5-13,15H2,1-4H3/t15-,16-,17-,18?,19?,20?,21+,23?,24-,26-,27-;15-,16-,17-,18?,19?,20?,21+,23?,24-,25-,26-;16-,17-,18-,19?,20?,21?,22+,23?,24-,25-,26-/m111/s1. The number of carbonyl (C=O) groups is 1. The average molecular weight is 1280 g/mol. The van der Waals surface area contributed by atoms with Crippen molar-refractivity contribution >= 4 is 5.91 Å². The van der Waals surface area contributed by atoms with Crippen LogP contribution in [0.4, 0.5) is 0 Å². The number of aryl methyl sites for hydroxylation is 1. The van der Waals surface area contributed by atoms with Crippen LogP contribution in [0.15, 0.2) is 9.32 Å². The van der Waals surface area contributed by atoms with Crippen molar-refractivity contribution in [2.75, 3.05) is 0 Å². The lowest BCUT2D eigenvalue weighted by atomic mass is 9.41. The van der Waals surface area contributed by atoms with Crippen LogP contribution >= 0.6 is 0 Å². The topological polar surface area (TPSA) is 247 Å². The van der Waals surface area contributed by atoms with Crippen LogP contribution in [0.1, 0.15) is 275 Å². The lowest BCUT2D eigenvalue weighted by Crippen LogP contribution is -2.62. The summed E-state index contributed by atoms with van der Waals surface area (Å²) in [6, 6.07) is 2.35. The monoisotopic (exact) mass is 1280 g/mol. The predicted molar refractivity (Wildman–Crippen MR) is 362 cm³/mol. The molecule has 9 N–H and O–H groups in total. The zero-order valence-electron chi connectivity index (χ0n) is 59.7. The minimum Gasteiger partial charge on any atom is -0.393 e. The summed E-state index contributed by atoms with van der Waals surface area (Å²) in [6.45, 7) is 28.9. The molecule has 12 aliphatic carbocycles. The number of nitrogens with two attached hydrogens (primary N) is 1. The largest absolute Gasteiger partial charge is 0.438 e. The quantitative estimate of drug-likeness (QED) is 0.0870. The molecule has 13 nitrogen and oxygen atoms in total. The smallest absolute Gasteiger partial charge is 0.393 e.